The summed E-state index contributed by atoms with van der Waals surface area (Å²) in [5.74, 6) is -0.509. The molecule has 2 aliphatic heterocycles. The van der Waals surface area contributed by atoms with Crippen LogP contribution in [0.25, 0.3) is 22.0 Å². The SMILES string of the molecule is COc1ccc(CN2CCN(C3CC4(CCN(c5cc(Oc6cnc7[nH]ccc7c6)c(C(=O)NS(=O)(=O)c6cc([N+](=O)[O-])c(NC[C@H]7CC[C@](C)(O)CC7)c7occc67)cc5F)CC4)C3)[C@H](c3ccccc3C(C)C)C2)cc1. The number of piperidine rings is 1. The first kappa shape index (κ1) is 53.0. The van der Waals surface area contributed by atoms with Crippen LogP contribution in [-0.4, -0.2) is 102 Å². The van der Waals surface area contributed by atoms with Crippen LogP contribution in [0.15, 0.2) is 113 Å². The molecule has 17 nitrogen and oxygen atoms in total. The Labute approximate surface area is 453 Å². The van der Waals surface area contributed by atoms with Crippen molar-refractivity contribution in [2.45, 2.75) is 107 Å². The molecule has 1 atom stereocenters. The van der Waals surface area contributed by atoms with Gasteiger partial charge in [0, 0.05) is 87.0 Å². The van der Waals surface area contributed by atoms with E-state index in [9.17, 15) is 28.4 Å². The van der Waals surface area contributed by atoms with Crippen LogP contribution in [-0.2, 0) is 16.6 Å². The molecular weight excluding hydrogens is 1020 g/mol. The van der Waals surface area contributed by atoms with Gasteiger partial charge in [-0.3, -0.25) is 24.7 Å². The number of carbonyl (C=O) groups excluding carboxylic acids is 1. The number of furan rings is 1. The lowest BCUT2D eigenvalue weighted by Crippen LogP contribution is -2.60. The molecule has 0 radical (unpaired) electrons. The minimum atomic E-state index is -4.88. The third-order valence-corrected chi connectivity index (χ3v) is 18.4. The van der Waals surface area contributed by atoms with E-state index in [1.54, 1.807) is 32.4 Å². The predicted octanol–water partition coefficient (Wildman–Crippen LogP) is 11.1. The minimum absolute atomic E-state index is 0.000812. The fraction of sp³-hybridized carbons (Fsp3) is 0.424. The molecule has 4 aromatic carbocycles. The lowest BCUT2D eigenvalue weighted by atomic mass is 9.59. The Bertz CT molecular complexity index is 3470. The summed E-state index contributed by atoms with van der Waals surface area (Å²) in [5, 5.41) is 26.8. The van der Waals surface area contributed by atoms with E-state index in [0.29, 0.717) is 68.3 Å². The van der Waals surface area contributed by atoms with Gasteiger partial charge in [-0.15, -0.1) is 0 Å². The fourth-order valence-corrected chi connectivity index (χ4v) is 13.8. The summed E-state index contributed by atoms with van der Waals surface area (Å²) in [6.45, 7) is 11.4. The van der Waals surface area contributed by atoms with Crippen molar-refractivity contribution < 1.29 is 41.5 Å². The molecule has 0 bridgehead atoms. The standard InChI is InChI=1S/C59H67FN8O9S/c1-37(2)44-7-5-6-8-45(44)51-36-65(35-39-9-11-42(75-4)12-10-39)24-25-67(51)41-31-59(32-41)19-22-66(23-20-59)49-29-52(77-43-27-40-15-21-61-56(40)63-34-43)47(28-48(49)60)57(69)64-78(73,74)53-30-50(68(71)72)54(55-46(53)16-26-76-55)62-33-38-13-17-58(3,70)18-14-38/h5-12,15-16,21,26-30,34,37-38,41,51,62,70H,13-14,17-20,22-25,31-33,35-36H2,1-4H3,(H,61,63)(H,64,69)/t38-,51-,58-/m0/s1. The van der Waals surface area contributed by atoms with Crippen LogP contribution in [0, 0.1) is 27.3 Å². The molecule has 11 rings (SSSR count). The van der Waals surface area contributed by atoms with Gasteiger partial charge in [-0.2, -0.15) is 0 Å². The Balaban J connectivity index is 0.817. The molecule has 2 saturated heterocycles. The second kappa shape index (κ2) is 21.3. The minimum Gasteiger partial charge on any atom is -0.497 e. The maximum Gasteiger partial charge on any atom is 0.297 e. The molecule has 2 aliphatic carbocycles. The highest BCUT2D eigenvalue weighted by atomic mass is 32.2. The molecule has 1 spiro atoms. The topological polar surface area (TPSA) is 209 Å². The molecule has 1 amide bonds. The van der Waals surface area contributed by atoms with E-state index in [2.05, 4.69) is 80.1 Å². The van der Waals surface area contributed by atoms with Crippen molar-refractivity contribution in [2.75, 3.05) is 56.6 Å². The molecule has 5 heterocycles. The highest BCUT2D eigenvalue weighted by Gasteiger charge is 2.50. The highest BCUT2D eigenvalue weighted by molar-refractivity contribution is 7.90. The van der Waals surface area contributed by atoms with Crippen LogP contribution < -0.4 is 24.4 Å². The van der Waals surface area contributed by atoms with E-state index in [1.807, 2.05) is 17.0 Å². The normalized spacial score (nSPS) is 21.2. The third-order valence-electron chi connectivity index (χ3n) is 17.1. The first-order chi connectivity index (χ1) is 37.4. The zero-order valence-corrected chi connectivity index (χ0v) is 45.3. The van der Waals surface area contributed by atoms with Crippen LogP contribution >= 0.6 is 0 Å². The number of aliphatic hydroxyl groups is 1. The zero-order valence-electron chi connectivity index (χ0n) is 44.5. The van der Waals surface area contributed by atoms with Gasteiger partial charge in [0.1, 0.15) is 33.6 Å². The maximum absolute atomic E-state index is 16.8. The van der Waals surface area contributed by atoms with Crippen molar-refractivity contribution in [3.8, 4) is 17.2 Å². The number of hydrogen-bond acceptors (Lipinski definition) is 14. The van der Waals surface area contributed by atoms with Crippen LogP contribution in [0.3, 0.4) is 0 Å². The number of amides is 1. The smallest absolute Gasteiger partial charge is 0.297 e. The van der Waals surface area contributed by atoms with Crippen molar-refractivity contribution in [3.63, 3.8) is 0 Å². The van der Waals surface area contributed by atoms with Gasteiger partial charge in [0.2, 0.25) is 0 Å². The zero-order chi connectivity index (χ0) is 54.5. The van der Waals surface area contributed by atoms with Crippen LogP contribution in [0.5, 0.6) is 17.2 Å². The summed E-state index contributed by atoms with van der Waals surface area (Å²) in [4.78, 5) is 40.4. The number of nitro groups is 1. The summed E-state index contributed by atoms with van der Waals surface area (Å²) < 4.78 is 64.9. The second-order valence-electron chi connectivity index (χ2n) is 22.6. The number of methoxy groups -OCH3 is 1. The Hall–Kier alpha value is -7.06. The average molecular weight is 1080 g/mol. The monoisotopic (exact) mass is 1080 g/mol. The van der Waals surface area contributed by atoms with Gasteiger partial charge in [-0.25, -0.2) is 22.5 Å². The lowest BCUT2D eigenvalue weighted by Gasteiger charge is -2.58. The number of aromatic amines is 1. The number of H-pyrrole nitrogens is 1. The molecule has 2 saturated carbocycles. The number of sulfonamides is 1. The molecule has 4 aliphatic rings. The molecule has 19 heteroatoms. The average Bonchev–Trinajstić information content (AvgIpc) is 4.26. The molecular formula is C59H67FN8O9S. The number of nitrogens with zero attached hydrogens (tertiary/aromatic N) is 5. The molecule has 3 aromatic heterocycles. The molecule has 7 aromatic rings. The molecule has 4 N–H and O–H groups in total. The first-order valence-corrected chi connectivity index (χ1v) is 28.5. The van der Waals surface area contributed by atoms with Crippen molar-refractivity contribution in [2.24, 2.45) is 11.3 Å². The number of aromatic nitrogens is 2. The van der Waals surface area contributed by atoms with Crippen LogP contribution in [0.1, 0.15) is 111 Å². The van der Waals surface area contributed by atoms with Gasteiger partial charge in [0.15, 0.2) is 11.3 Å². The quantitative estimate of drug-likeness (QED) is 0.0524. The molecule has 410 valence electrons. The van der Waals surface area contributed by atoms with Crippen molar-refractivity contribution in [1.82, 2.24) is 24.5 Å². The number of hydrogen-bond donors (Lipinski definition) is 4. The van der Waals surface area contributed by atoms with E-state index in [4.69, 9.17) is 13.9 Å². The number of halogens is 1. The Kier molecular flexibility index (Phi) is 14.5. The van der Waals surface area contributed by atoms with E-state index >= 15 is 4.39 Å². The first-order valence-electron chi connectivity index (χ1n) is 27.1. The van der Waals surface area contributed by atoms with Gasteiger partial charge >= 0.3 is 0 Å². The maximum atomic E-state index is 16.8. The molecule has 4 fully saturated rings. The third kappa shape index (κ3) is 10.8. The van der Waals surface area contributed by atoms with Crippen molar-refractivity contribution in [3.05, 3.63) is 142 Å². The number of pyridine rings is 1. The lowest BCUT2D eigenvalue weighted by molar-refractivity contribution is -0.384. The number of fused-ring (bicyclic) bond motifs is 2. The number of carbonyl (C=O) groups is 1. The van der Waals surface area contributed by atoms with Crippen LogP contribution in [0.2, 0.25) is 0 Å². The van der Waals surface area contributed by atoms with Crippen molar-refractivity contribution >= 4 is 55.0 Å². The Morgan fingerprint density at radius 1 is 0.987 bits per heavy atom. The van der Waals surface area contributed by atoms with Gasteiger partial charge in [0.05, 0.1) is 41.3 Å². The fourth-order valence-electron chi connectivity index (χ4n) is 12.6. The summed E-state index contributed by atoms with van der Waals surface area (Å²) in [7, 11) is -3.19. The number of benzene rings is 4. The summed E-state index contributed by atoms with van der Waals surface area (Å²) in [5.41, 5.74) is 3.08. The predicted molar refractivity (Wildman–Crippen MR) is 296 cm³/mol. The van der Waals surface area contributed by atoms with E-state index in [1.165, 1.54) is 41.3 Å². The number of nitro benzene ring substituents is 1. The van der Waals surface area contributed by atoms with E-state index in [-0.39, 0.29) is 51.2 Å². The van der Waals surface area contributed by atoms with E-state index < -0.39 is 48.4 Å². The summed E-state index contributed by atoms with van der Waals surface area (Å²) in [6, 6.07) is 26.0. The van der Waals surface area contributed by atoms with Crippen LogP contribution in [0.4, 0.5) is 21.5 Å². The molecule has 78 heavy (non-hydrogen) atoms. The number of rotatable bonds is 16. The van der Waals surface area contributed by atoms with Gasteiger partial charge in [-0.1, -0.05) is 50.2 Å². The number of nitrogens with one attached hydrogen (secondary N) is 3. The number of anilines is 2. The summed E-state index contributed by atoms with van der Waals surface area (Å²) >= 11 is 0. The second-order valence-corrected chi connectivity index (χ2v) is 24.3. The van der Waals surface area contributed by atoms with Crippen molar-refractivity contribution in [1.29, 1.82) is 0 Å². The Morgan fingerprint density at radius 2 is 1.74 bits per heavy atom. The largest absolute Gasteiger partial charge is 0.497 e. The van der Waals surface area contributed by atoms with E-state index in [0.717, 1.165) is 69.7 Å². The summed E-state index contributed by atoms with van der Waals surface area (Å²) in [6.07, 6.45) is 10.7. The number of piperazine rings is 1. The van der Waals surface area contributed by atoms with Gasteiger partial charge in [-0.05, 0) is 129 Å². The highest BCUT2D eigenvalue weighted by Crippen LogP contribution is 2.54. The van der Waals surface area contributed by atoms with Gasteiger partial charge < -0.3 is 34.2 Å². The Morgan fingerprint density at radius 3 is 2.47 bits per heavy atom. The number of ether oxygens (including phenoxy) is 2. The molecule has 0 unspecified atom stereocenters. The van der Waals surface area contributed by atoms with Gasteiger partial charge in [0.25, 0.3) is 21.6 Å².